The summed E-state index contributed by atoms with van der Waals surface area (Å²) < 4.78 is 33.8. The molecule has 2 aromatic carbocycles. The zero-order valence-electron chi connectivity index (χ0n) is 17.5. The molecule has 2 N–H and O–H groups in total. The van der Waals surface area contributed by atoms with Crippen molar-refractivity contribution in [1.29, 1.82) is 0 Å². The zero-order valence-corrected chi connectivity index (χ0v) is 18.3. The number of para-hydroxylation sites is 2. The van der Waals surface area contributed by atoms with Crippen molar-refractivity contribution in [2.24, 2.45) is 0 Å². The maximum absolute atomic E-state index is 12.8. The van der Waals surface area contributed by atoms with Crippen molar-refractivity contribution in [3.63, 3.8) is 0 Å². The second-order valence-electron chi connectivity index (χ2n) is 7.80. The normalized spacial score (nSPS) is 12.3. The summed E-state index contributed by atoms with van der Waals surface area (Å²) in [4.78, 5) is 17.4. The van der Waals surface area contributed by atoms with E-state index in [9.17, 15) is 13.2 Å². The van der Waals surface area contributed by atoms with Gasteiger partial charge in [-0.3, -0.25) is 10.1 Å². The van der Waals surface area contributed by atoms with Crippen molar-refractivity contribution < 1.29 is 17.9 Å². The molecule has 3 aromatic rings. The number of carbonyl (C=O) groups is 1. The number of benzene rings is 2. The highest BCUT2D eigenvalue weighted by Crippen LogP contribution is 2.28. The van der Waals surface area contributed by atoms with E-state index >= 15 is 0 Å². The van der Waals surface area contributed by atoms with Gasteiger partial charge in [0.15, 0.2) is 0 Å². The van der Waals surface area contributed by atoms with Gasteiger partial charge in [-0.2, -0.15) is 0 Å². The van der Waals surface area contributed by atoms with Crippen LogP contribution in [-0.2, 0) is 20.3 Å². The summed E-state index contributed by atoms with van der Waals surface area (Å²) in [6.45, 7) is 6.55. The predicted octanol–water partition coefficient (Wildman–Crippen LogP) is 2.97. The molecular formula is C21H26N4O4S. The Hall–Kier alpha value is -2.75. The first-order chi connectivity index (χ1) is 14.1. The van der Waals surface area contributed by atoms with Crippen molar-refractivity contribution in [2.75, 3.05) is 25.6 Å². The van der Waals surface area contributed by atoms with E-state index < -0.39 is 10.0 Å². The number of ether oxygens (including phenoxy) is 1. The quantitative estimate of drug-likeness (QED) is 0.561. The number of nitrogens with one attached hydrogen (secondary N) is 2. The Labute approximate surface area is 176 Å². The number of rotatable bonds is 7. The van der Waals surface area contributed by atoms with Gasteiger partial charge < -0.3 is 9.30 Å². The highest BCUT2D eigenvalue weighted by Gasteiger charge is 2.23. The smallest absolute Gasteiger partial charge is 0.257 e. The van der Waals surface area contributed by atoms with Gasteiger partial charge in [-0.1, -0.05) is 12.1 Å². The molecule has 0 bridgehead atoms. The Morgan fingerprint density at radius 2 is 1.77 bits per heavy atom. The van der Waals surface area contributed by atoms with Gasteiger partial charge in [0.05, 0.1) is 22.5 Å². The lowest BCUT2D eigenvalue weighted by molar-refractivity contribution is 0.102. The zero-order chi connectivity index (χ0) is 21.9. The third kappa shape index (κ3) is 4.69. The van der Waals surface area contributed by atoms with Crippen LogP contribution in [0.4, 0.5) is 5.95 Å². The van der Waals surface area contributed by atoms with Crippen LogP contribution in [0.15, 0.2) is 53.4 Å². The minimum absolute atomic E-state index is 0.0806. The van der Waals surface area contributed by atoms with Crippen LogP contribution in [-0.4, -0.2) is 44.1 Å². The van der Waals surface area contributed by atoms with Crippen LogP contribution in [0.1, 0.15) is 31.1 Å². The molecule has 0 unspecified atom stereocenters. The average molecular weight is 431 g/mol. The lowest BCUT2D eigenvalue weighted by Gasteiger charge is -2.24. The van der Waals surface area contributed by atoms with E-state index in [0.29, 0.717) is 11.5 Å². The number of hydrogen-bond acceptors (Lipinski definition) is 5. The third-order valence-corrected chi connectivity index (χ3v) is 5.96. The first-order valence-electron chi connectivity index (χ1n) is 9.51. The molecule has 0 radical (unpaired) electrons. The van der Waals surface area contributed by atoms with Gasteiger partial charge >= 0.3 is 0 Å². The molecule has 160 valence electrons. The highest BCUT2D eigenvalue weighted by atomic mass is 32.2. The van der Waals surface area contributed by atoms with Crippen molar-refractivity contribution in [3.05, 3.63) is 54.1 Å². The predicted molar refractivity (Wildman–Crippen MR) is 116 cm³/mol. The van der Waals surface area contributed by atoms with E-state index in [1.807, 2.05) is 49.6 Å². The Morgan fingerprint density at radius 1 is 1.10 bits per heavy atom. The molecule has 0 saturated heterocycles. The van der Waals surface area contributed by atoms with Gasteiger partial charge in [-0.05, 0) is 57.2 Å². The molecule has 1 heterocycles. The molecule has 30 heavy (non-hydrogen) atoms. The lowest BCUT2D eigenvalue weighted by Crippen LogP contribution is -2.27. The number of nitrogens with zero attached hydrogens (tertiary/aromatic N) is 2. The fraction of sp³-hybridized carbons (Fsp3) is 0.333. The molecule has 0 aliphatic carbocycles. The summed E-state index contributed by atoms with van der Waals surface area (Å²) in [6, 6.07) is 13.4. The maximum atomic E-state index is 12.8. The van der Waals surface area contributed by atoms with E-state index in [4.69, 9.17) is 4.74 Å². The molecule has 0 spiro atoms. The summed E-state index contributed by atoms with van der Waals surface area (Å²) in [7, 11) is -2.16. The van der Waals surface area contributed by atoms with Crippen LogP contribution in [0, 0.1) is 0 Å². The second kappa shape index (κ2) is 8.55. The summed E-state index contributed by atoms with van der Waals surface area (Å²) in [5.41, 5.74) is 1.73. The number of imidazole rings is 1. The number of anilines is 1. The molecule has 0 fully saturated rings. The molecule has 0 saturated carbocycles. The minimum Gasteiger partial charge on any atom is -0.383 e. The molecule has 1 aromatic heterocycles. The second-order valence-corrected chi connectivity index (χ2v) is 9.57. The van der Waals surface area contributed by atoms with E-state index in [-0.39, 0.29) is 29.5 Å². The Morgan fingerprint density at radius 3 is 2.40 bits per heavy atom. The highest BCUT2D eigenvalue weighted by molar-refractivity contribution is 7.89. The Kier molecular flexibility index (Phi) is 6.25. The van der Waals surface area contributed by atoms with Gasteiger partial charge in [-0.15, -0.1) is 0 Å². The Bertz CT molecular complexity index is 1150. The first-order valence-corrected chi connectivity index (χ1v) is 11.0. The SMILES string of the molecule is COCCNS(=O)(=O)c1ccc(C(=O)Nc2nc3ccccc3n2C(C)(C)C)cc1. The van der Waals surface area contributed by atoms with E-state index in [0.717, 1.165) is 11.0 Å². The van der Waals surface area contributed by atoms with Crippen molar-refractivity contribution in [3.8, 4) is 0 Å². The number of aromatic nitrogens is 2. The van der Waals surface area contributed by atoms with Crippen LogP contribution >= 0.6 is 0 Å². The van der Waals surface area contributed by atoms with Gasteiger partial charge in [0.1, 0.15) is 0 Å². The van der Waals surface area contributed by atoms with Crippen LogP contribution in [0.5, 0.6) is 0 Å². The number of carbonyl (C=O) groups excluding carboxylic acids is 1. The van der Waals surface area contributed by atoms with Crippen LogP contribution in [0.3, 0.4) is 0 Å². The summed E-state index contributed by atoms with van der Waals surface area (Å²) in [5.74, 6) is 0.0683. The molecule has 9 heteroatoms. The molecule has 0 aliphatic heterocycles. The van der Waals surface area contributed by atoms with Crippen LogP contribution in [0.25, 0.3) is 11.0 Å². The minimum atomic E-state index is -3.66. The van der Waals surface area contributed by atoms with E-state index in [1.165, 1.54) is 31.4 Å². The number of methoxy groups -OCH3 is 1. The van der Waals surface area contributed by atoms with E-state index in [2.05, 4.69) is 15.0 Å². The topological polar surface area (TPSA) is 102 Å². The number of fused-ring (bicyclic) bond motifs is 1. The standard InChI is InChI=1S/C21H26N4O4S/c1-21(2,3)25-18-8-6-5-7-17(18)23-20(25)24-19(26)15-9-11-16(12-10-15)30(27,28)22-13-14-29-4/h5-12,22H,13-14H2,1-4H3,(H,23,24,26). The number of hydrogen-bond donors (Lipinski definition) is 2. The molecule has 0 atom stereocenters. The summed E-state index contributed by atoms with van der Waals surface area (Å²) in [6.07, 6.45) is 0. The summed E-state index contributed by atoms with van der Waals surface area (Å²) >= 11 is 0. The molecule has 8 nitrogen and oxygen atoms in total. The maximum Gasteiger partial charge on any atom is 0.257 e. The van der Waals surface area contributed by atoms with Crippen molar-refractivity contribution in [1.82, 2.24) is 14.3 Å². The fourth-order valence-electron chi connectivity index (χ4n) is 3.11. The van der Waals surface area contributed by atoms with Crippen LogP contribution < -0.4 is 10.0 Å². The number of sulfonamides is 1. The number of amides is 1. The van der Waals surface area contributed by atoms with Crippen molar-refractivity contribution in [2.45, 2.75) is 31.2 Å². The van der Waals surface area contributed by atoms with Gasteiger partial charge in [0.25, 0.3) is 5.91 Å². The third-order valence-electron chi connectivity index (χ3n) is 4.48. The molecule has 3 rings (SSSR count). The molecular weight excluding hydrogens is 404 g/mol. The molecule has 1 amide bonds. The first kappa shape index (κ1) is 21.9. The van der Waals surface area contributed by atoms with Crippen LogP contribution in [0.2, 0.25) is 0 Å². The fourth-order valence-corrected chi connectivity index (χ4v) is 4.12. The lowest BCUT2D eigenvalue weighted by atomic mass is 10.1. The largest absolute Gasteiger partial charge is 0.383 e. The summed E-state index contributed by atoms with van der Waals surface area (Å²) in [5, 5.41) is 2.85. The monoisotopic (exact) mass is 430 g/mol. The van der Waals surface area contributed by atoms with Gasteiger partial charge in [0, 0.05) is 24.8 Å². The Balaban J connectivity index is 1.84. The molecule has 0 aliphatic rings. The van der Waals surface area contributed by atoms with Gasteiger partial charge in [0.2, 0.25) is 16.0 Å². The van der Waals surface area contributed by atoms with Crippen molar-refractivity contribution >= 4 is 32.9 Å². The van der Waals surface area contributed by atoms with Gasteiger partial charge in [-0.25, -0.2) is 18.1 Å². The van der Waals surface area contributed by atoms with E-state index in [1.54, 1.807) is 0 Å². The average Bonchev–Trinajstić information content (AvgIpc) is 3.06.